The average molecular weight is 435 g/mol. The van der Waals surface area contributed by atoms with Crippen molar-refractivity contribution in [2.75, 3.05) is 4.90 Å². The van der Waals surface area contributed by atoms with Gasteiger partial charge in [0.25, 0.3) is 0 Å². The number of para-hydroxylation sites is 1. The van der Waals surface area contributed by atoms with E-state index in [1.54, 1.807) is 4.90 Å². The van der Waals surface area contributed by atoms with Crippen molar-refractivity contribution in [3.05, 3.63) is 82.2 Å². The van der Waals surface area contributed by atoms with Gasteiger partial charge in [-0.1, -0.05) is 86.6 Å². The molecule has 6 nitrogen and oxygen atoms in total. The monoisotopic (exact) mass is 434 g/mol. The lowest BCUT2D eigenvalue weighted by molar-refractivity contribution is -0.125. The van der Waals surface area contributed by atoms with Gasteiger partial charge >= 0.3 is 0 Å². The summed E-state index contributed by atoms with van der Waals surface area (Å²) >= 11 is 0. The summed E-state index contributed by atoms with van der Waals surface area (Å²) in [7, 11) is -1.94. The Morgan fingerprint density at radius 1 is 1.13 bits per heavy atom. The van der Waals surface area contributed by atoms with Gasteiger partial charge in [0.15, 0.2) is 8.32 Å². The van der Waals surface area contributed by atoms with Crippen LogP contribution in [-0.4, -0.2) is 26.3 Å². The highest BCUT2D eigenvalue weighted by atomic mass is 28.4. The molecule has 7 heteroatoms. The van der Waals surface area contributed by atoms with Crippen molar-refractivity contribution >= 4 is 26.0 Å². The first-order valence-corrected chi connectivity index (χ1v) is 13.4. The van der Waals surface area contributed by atoms with Gasteiger partial charge in [-0.15, -0.1) is 0 Å². The second-order valence-corrected chi connectivity index (χ2v) is 14.1. The largest absolute Gasteiger partial charge is 0.412 e. The Morgan fingerprint density at radius 2 is 1.77 bits per heavy atom. The van der Waals surface area contributed by atoms with Gasteiger partial charge in [0.1, 0.15) is 6.04 Å². The topological polar surface area (TPSA) is 78.3 Å². The maximum atomic E-state index is 12.9. The van der Waals surface area contributed by atoms with Gasteiger partial charge in [0, 0.05) is 16.2 Å². The quantitative estimate of drug-likeness (QED) is 0.168. The summed E-state index contributed by atoms with van der Waals surface area (Å²) in [5, 5.41) is 3.84. The van der Waals surface area contributed by atoms with Crippen LogP contribution in [0.5, 0.6) is 0 Å². The molecule has 1 aliphatic rings. The van der Waals surface area contributed by atoms with Gasteiger partial charge < -0.3 is 9.33 Å². The number of benzene rings is 2. The molecule has 0 aliphatic carbocycles. The van der Waals surface area contributed by atoms with Crippen molar-refractivity contribution in [1.82, 2.24) is 0 Å². The van der Waals surface area contributed by atoms with Gasteiger partial charge in [-0.2, -0.15) is 0 Å². The summed E-state index contributed by atoms with van der Waals surface area (Å²) in [6, 6.07) is 16.6. The average Bonchev–Trinajstić information content (AvgIpc) is 2.73. The molecule has 31 heavy (non-hydrogen) atoms. The van der Waals surface area contributed by atoms with E-state index in [9.17, 15) is 4.79 Å². The molecular weight excluding hydrogens is 404 g/mol. The van der Waals surface area contributed by atoms with Crippen molar-refractivity contribution in [3.63, 3.8) is 0 Å². The van der Waals surface area contributed by atoms with E-state index in [4.69, 9.17) is 9.96 Å². The van der Waals surface area contributed by atoms with Gasteiger partial charge in [0.2, 0.25) is 5.91 Å². The molecule has 1 amide bonds. The molecule has 1 heterocycles. The molecule has 1 aliphatic heterocycles. The Morgan fingerprint density at radius 3 is 2.42 bits per heavy atom. The molecule has 2 aromatic carbocycles. The zero-order valence-electron chi connectivity index (χ0n) is 18.8. The summed E-state index contributed by atoms with van der Waals surface area (Å²) in [5.74, 6) is -0.194. The lowest BCUT2D eigenvalue weighted by Crippen LogP contribution is -2.63. The van der Waals surface area contributed by atoms with E-state index < -0.39 is 14.4 Å². The first-order valence-electron chi connectivity index (χ1n) is 10.5. The fourth-order valence-electron chi connectivity index (χ4n) is 3.25. The first kappa shape index (κ1) is 22.8. The van der Waals surface area contributed by atoms with Crippen molar-refractivity contribution in [2.45, 2.75) is 57.6 Å². The Balaban J connectivity index is 1.89. The van der Waals surface area contributed by atoms with Crippen LogP contribution < -0.4 is 4.90 Å². The van der Waals surface area contributed by atoms with Crippen LogP contribution in [0.25, 0.3) is 16.5 Å². The summed E-state index contributed by atoms with van der Waals surface area (Å²) in [6.07, 6.45) is 3.89. The van der Waals surface area contributed by atoms with Crippen molar-refractivity contribution in [1.29, 1.82) is 0 Å². The number of β-lactam (4-membered cyclic amide) rings is 1. The normalized spacial score (nSPS) is 19.3. The highest BCUT2D eigenvalue weighted by Crippen LogP contribution is 2.39. The van der Waals surface area contributed by atoms with Gasteiger partial charge in [0.05, 0.1) is 12.6 Å². The first-order chi connectivity index (χ1) is 14.7. The SMILES string of the molecule is CC(C)(C)[Si](C)(C)OCc1ccccc1N1C(=O)[C@H](N=[N+]=[N-])[C@H]1/C=C\c1ccccc1. The van der Waals surface area contributed by atoms with Crippen LogP contribution in [0.4, 0.5) is 5.69 Å². The molecule has 1 saturated heterocycles. The Kier molecular flexibility index (Phi) is 6.70. The van der Waals surface area contributed by atoms with Crippen molar-refractivity contribution < 1.29 is 9.22 Å². The van der Waals surface area contributed by atoms with Gasteiger partial charge in [-0.3, -0.25) is 4.79 Å². The minimum absolute atomic E-state index is 0.0993. The minimum atomic E-state index is -1.94. The van der Waals surface area contributed by atoms with E-state index in [2.05, 4.69) is 43.9 Å². The zero-order chi connectivity index (χ0) is 22.6. The van der Waals surface area contributed by atoms with Crippen LogP contribution in [0, 0.1) is 0 Å². The molecule has 1 fully saturated rings. The predicted molar refractivity (Wildman–Crippen MR) is 128 cm³/mol. The third kappa shape index (κ3) is 4.90. The van der Waals surface area contributed by atoms with Crippen LogP contribution >= 0.6 is 0 Å². The second-order valence-electron chi connectivity index (χ2n) is 9.30. The van der Waals surface area contributed by atoms with Crippen LogP contribution in [0.3, 0.4) is 0 Å². The number of hydrogen-bond donors (Lipinski definition) is 0. The zero-order valence-corrected chi connectivity index (χ0v) is 19.8. The van der Waals surface area contributed by atoms with Crippen molar-refractivity contribution in [2.24, 2.45) is 5.11 Å². The van der Waals surface area contributed by atoms with E-state index in [1.807, 2.05) is 66.7 Å². The molecule has 0 spiro atoms. The number of hydrogen-bond acceptors (Lipinski definition) is 3. The second kappa shape index (κ2) is 9.10. The molecule has 3 rings (SSSR count). The molecule has 0 bridgehead atoms. The van der Waals surface area contributed by atoms with E-state index in [0.29, 0.717) is 6.61 Å². The van der Waals surface area contributed by atoms with Crippen LogP contribution in [0.1, 0.15) is 31.9 Å². The van der Waals surface area contributed by atoms with Crippen molar-refractivity contribution in [3.8, 4) is 0 Å². The molecule has 2 aromatic rings. The van der Waals surface area contributed by atoms with E-state index >= 15 is 0 Å². The van der Waals surface area contributed by atoms with Crippen LogP contribution in [0.2, 0.25) is 18.1 Å². The summed E-state index contributed by atoms with van der Waals surface area (Å²) in [6.45, 7) is 11.5. The standard InChI is InChI=1S/C24H30N4O2Si/c1-24(2,3)31(4,5)30-17-19-13-9-10-14-20(19)28-21(22(23(28)29)26-27-25)16-15-18-11-7-6-8-12-18/h6-16,21-22H,17H2,1-5H3/b16-15-/t21-,22-/m1/s1. The van der Waals surface area contributed by atoms with Crippen LogP contribution in [0.15, 0.2) is 65.8 Å². The van der Waals surface area contributed by atoms with Gasteiger partial charge in [-0.25, -0.2) is 0 Å². The maximum absolute atomic E-state index is 12.9. The summed E-state index contributed by atoms with van der Waals surface area (Å²) in [5.41, 5.74) is 11.7. The number of carbonyl (C=O) groups is 1. The number of nitrogens with zero attached hydrogens (tertiary/aromatic N) is 4. The van der Waals surface area contributed by atoms with Gasteiger partial charge in [-0.05, 0) is 35.3 Å². The fraction of sp³-hybridized carbons (Fsp3) is 0.375. The highest BCUT2D eigenvalue weighted by molar-refractivity contribution is 6.74. The summed E-state index contributed by atoms with van der Waals surface area (Å²) < 4.78 is 6.41. The number of azide groups is 1. The Labute approximate surface area is 185 Å². The van der Waals surface area contributed by atoms with Crippen LogP contribution in [-0.2, 0) is 15.8 Å². The minimum Gasteiger partial charge on any atom is -0.412 e. The number of anilines is 1. The predicted octanol–water partition coefficient (Wildman–Crippen LogP) is 6.32. The molecule has 162 valence electrons. The van der Waals surface area contributed by atoms with E-state index in [1.165, 1.54) is 0 Å². The van der Waals surface area contributed by atoms with E-state index in [0.717, 1.165) is 16.8 Å². The third-order valence-electron chi connectivity index (χ3n) is 6.22. The maximum Gasteiger partial charge on any atom is 0.239 e. The molecule has 0 saturated carbocycles. The Bertz CT molecular complexity index is 1010. The molecule has 2 atom stereocenters. The number of carbonyl (C=O) groups excluding carboxylic acids is 1. The molecule has 0 unspecified atom stereocenters. The number of rotatable bonds is 7. The molecule has 0 N–H and O–H groups in total. The molecule has 0 radical (unpaired) electrons. The summed E-state index contributed by atoms with van der Waals surface area (Å²) in [4.78, 5) is 17.5. The Hall–Kier alpha value is -2.86. The lowest BCUT2D eigenvalue weighted by Gasteiger charge is -2.44. The number of amides is 1. The lowest BCUT2D eigenvalue weighted by atomic mass is 9.92. The molecular formula is C24H30N4O2Si. The molecule has 0 aromatic heterocycles. The van der Waals surface area contributed by atoms with E-state index in [-0.39, 0.29) is 17.0 Å². The fourth-order valence-corrected chi connectivity index (χ4v) is 4.20. The smallest absolute Gasteiger partial charge is 0.239 e. The highest BCUT2D eigenvalue weighted by Gasteiger charge is 2.47. The third-order valence-corrected chi connectivity index (χ3v) is 10.7.